The molecule has 6 rings (SSSR count). The maximum atomic E-state index is 13.2. The van der Waals surface area contributed by atoms with E-state index in [4.69, 9.17) is 9.47 Å². The van der Waals surface area contributed by atoms with Crippen LogP contribution in [-0.4, -0.2) is 40.4 Å². The van der Waals surface area contributed by atoms with Crippen LogP contribution >= 0.6 is 0 Å². The Morgan fingerprint density at radius 1 is 1.15 bits per heavy atom. The molecule has 3 aromatic heterocycles. The number of rotatable bonds is 8. The number of H-pyrrole nitrogens is 1. The van der Waals surface area contributed by atoms with E-state index >= 15 is 0 Å². The van der Waals surface area contributed by atoms with Crippen molar-refractivity contribution in [1.82, 2.24) is 19.9 Å². The molecular formula is C27H30N4O3. The lowest BCUT2D eigenvalue weighted by Crippen LogP contribution is -2.26. The second-order valence-corrected chi connectivity index (χ2v) is 9.60. The number of benzene rings is 1. The monoisotopic (exact) mass is 458 g/mol. The minimum absolute atomic E-state index is 0.0145. The highest BCUT2D eigenvalue weighted by Gasteiger charge is 2.19. The predicted molar refractivity (Wildman–Crippen MR) is 132 cm³/mol. The first kappa shape index (κ1) is 21.4. The molecule has 1 aliphatic heterocycles. The molecule has 176 valence electrons. The topological polar surface area (TPSA) is 81.2 Å². The molecule has 1 unspecified atom stereocenters. The SMILES string of the molecule is O=c1c2cncc(OC3CCOC3)c2ccn1Cc1ccc2cc(CNCC3CCC3)[nH]c2c1. The third kappa shape index (κ3) is 4.33. The van der Waals surface area contributed by atoms with E-state index in [0.29, 0.717) is 30.9 Å². The third-order valence-electron chi connectivity index (χ3n) is 7.11. The summed E-state index contributed by atoms with van der Waals surface area (Å²) in [6, 6.07) is 10.5. The molecule has 1 aromatic carbocycles. The molecule has 1 aliphatic carbocycles. The second-order valence-electron chi connectivity index (χ2n) is 9.60. The number of pyridine rings is 2. The van der Waals surface area contributed by atoms with Gasteiger partial charge in [0.15, 0.2) is 0 Å². The maximum absolute atomic E-state index is 13.2. The number of nitrogens with one attached hydrogen (secondary N) is 2. The Kier molecular flexibility index (Phi) is 5.81. The Hall–Kier alpha value is -3.16. The fourth-order valence-corrected chi connectivity index (χ4v) is 4.92. The Labute approximate surface area is 198 Å². The summed E-state index contributed by atoms with van der Waals surface area (Å²) in [7, 11) is 0. The number of nitrogens with zero attached hydrogens (tertiary/aromatic N) is 2. The molecule has 34 heavy (non-hydrogen) atoms. The van der Waals surface area contributed by atoms with Crippen molar-refractivity contribution in [2.75, 3.05) is 19.8 Å². The van der Waals surface area contributed by atoms with Gasteiger partial charge in [-0.05, 0) is 54.5 Å². The van der Waals surface area contributed by atoms with Crippen molar-refractivity contribution in [2.24, 2.45) is 5.92 Å². The zero-order valence-electron chi connectivity index (χ0n) is 19.3. The van der Waals surface area contributed by atoms with Crippen LogP contribution < -0.4 is 15.6 Å². The number of hydrogen-bond acceptors (Lipinski definition) is 5. The van der Waals surface area contributed by atoms with Crippen LogP contribution in [0.15, 0.2) is 53.7 Å². The van der Waals surface area contributed by atoms with Gasteiger partial charge >= 0.3 is 0 Å². The average molecular weight is 459 g/mol. The van der Waals surface area contributed by atoms with Crippen LogP contribution in [0.2, 0.25) is 0 Å². The molecule has 2 N–H and O–H groups in total. The lowest BCUT2D eigenvalue weighted by atomic mass is 9.85. The van der Waals surface area contributed by atoms with E-state index < -0.39 is 0 Å². The second kappa shape index (κ2) is 9.24. The van der Waals surface area contributed by atoms with Gasteiger partial charge in [0.1, 0.15) is 11.9 Å². The number of aromatic nitrogens is 3. The molecule has 4 aromatic rings. The van der Waals surface area contributed by atoms with Gasteiger partial charge in [0, 0.05) is 42.0 Å². The van der Waals surface area contributed by atoms with Crippen molar-refractivity contribution in [1.29, 1.82) is 0 Å². The van der Waals surface area contributed by atoms with E-state index in [2.05, 4.69) is 39.6 Å². The fraction of sp³-hybridized carbons (Fsp3) is 0.407. The van der Waals surface area contributed by atoms with E-state index in [1.807, 2.05) is 12.3 Å². The van der Waals surface area contributed by atoms with Gasteiger partial charge in [-0.1, -0.05) is 18.6 Å². The standard InChI is InChI=1S/C27H30N4O3/c32-27-24-14-29-15-26(34-22-7-9-33-17-22)23(24)6-8-31(27)16-19-4-5-20-11-21(30-25(20)10-19)13-28-12-18-2-1-3-18/h4-6,8,10-11,14-15,18,22,28,30H,1-3,7,9,12-13,16-17H2. The summed E-state index contributed by atoms with van der Waals surface area (Å²) in [5, 5.41) is 6.13. The van der Waals surface area contributed by atoms with Gasteiger partial charge in [-0.3, -0.25) is 9.78 Å². The Balaban J connectivity index is 1.20. The normalized spacial score (nSPS) is 18.5. The van der Waals surface area contributed by atoms with Crippen LogP contribution in [0.25, 0.3) is 21.7 Å². The molecule has 0 radical (unpaired) electrons. The number of hydrogen-bond donors (Lipinski definition) is 2. The highest BCUT2D eigenvalue weighted by Crippen LogP contribution is 2.26. The molecule has 2 fully saturated rings. The summed E-state index contributed by atoms with van der Waals surface area (Å²) in [4.78, 5) is 21.0. The molecule has 1 saturated heterocycles. The molecule has 0 bridgehead atoms. The minimum atomic E-state index is -0.0643. The summed E-state index contributed by atoms with van der Waals surface area (Å²) in [6.45, 7) is 3.74. The highest BCUT2D eigenvalue weighted by atomic mass is 16.5. The van der Waals surface area contributed by atoms with Crippen molar-refractivity contribution >= 4 is 21.7 Å². The van der Waals surface area contributed by atoms with E-state index in [9.17, 15) is 4.79 Å². The van der Waals surface area contributed by atoms with Gasteiger partial charge < -0.3 is 24.3 Å². The van der Waals surface area contributed by atoms with Crippen molar-refractivity contribution in [2.45, 2.75) is 44.9 Å². The van der Waals surface area contributed by atoms with Gasteiger partial charge in [0.2, 0.25) is 0 Å². The van der Waals surface area contributed by atoms with Crippen molar-refractivity contribution in [3.05, 3.63) is 70.5 Å². The van der Waals surface area contributed by atoms with E-state index in [-0.39, 0.29) is 11.7 Å². The predicted octanol–water partition coefficient (Wildman–Crippen LogP) is 3.98. The van der Waals surface area contributed by atoms with Crippen LogP contribution in [0.4, 0.5) is 0 Å². The van der Waals surface area contributed by atoms with Crippen LogP contribution in [0.1, 0.15) is 36.9 Å². The van der Waals surface area contributed by atoms with Crippen LogP contribution in [0.3, 0.4) is 0 Å². The van der Waals surface area contributed by atoms with Crippen molar-refractivity contribution in [3.8, 4) is 5.75 Å². The summed E-state index contributed by atoms with van der Waals surface area (Å²) < 4.78 is 13.2. The van der Waals surface area contributed by atoms with Crippen LogP contribution in [-0.2, 0) is 17.8 Å². The Morgan fingerprint density at radius 2 is 2.09 bits per heavy atom. The molecular weight excluding hydrogens is 428 g/mol. The van der Waals surface area contributed by atoms with Gasteiger partial charge in [0.25, 0.3) is 5.56 Å². The van der Waals surface area contributed by atoms with Crippen molar-refractivity contribution in [3.63, 3.8) is 0 Å². The molecule has 1 atom stereocenters. The maximum Gasteiger partial charge on any atom is 0.260 e. The molecule has 0 amide bonds. The van der Waals surface area contributed by atoms with Crippen LogP contribution in [0, 0.1) is 5.92 Å². The first-order valence-corrected chi connectivity index (χ1v) is 12.3. The van der Waals surface area contributed by atoms with Gasteiger partial charge in [-0.15, -0.1) is 0 Å². The van der Waals surface area contributed by atoms with Gasteiger partial charge in [-0.2, -0.15) is 0 Å². The fourth-order valence-electron chi connectivity index (χ4n) is 4.92. The smallest absolute Gasteiger partial charge is 0.260 e. The van der Waals surface area contributed by atoms with Crippen LogP contribution in [0.5, 0.6) is 5.75 Å². The summed E-state index contributed by atoms with van der Waals surface area (Å²) >= 11 is 0. The average Bonchev–Trinajstić information content (AvgIpc) is 3.47. The van der Waals surface area contributed by atoms with Crippen molar-refractivity contribution < 1.29 is 9.47 Å². The lowest BCUT2D eigenvalue weighted by Gasteiger charge is -2.25. The summed E-state index contributed by atoms with van der Waals surface area (Å²) in [5.41, 5.74) is 3.31. The Morgan fingerprint density at radius 3 is 2.91 bits per heavy atom. The minimum Gasteiger partial charge on any atom is -0.486 e. The first-order valence-electron chi connectivity index (χ1n) is 12.3. The van der Waals surface area contributed by atoms with E-state index in [1.165, 1.54) is 30.3 Å². The summed E-state index contributed by atoms with van der Waals surface area (Å²) in [5.74, 6) is 1.49. The zero-order chi connectivity index (χ0) is 22.9. The zero-order valence-corrected chi connectivity index (χ0v) is 19.3. The van der Waals surface area contributed by atoms with Gasteiger partial charge in [-0.25, -0.2) is 0 Å². The quantitative estimate of drug-likeness (QED) is 0.417. The molecule has 7 heteroatoms. The molecule has 7 nitrogen and oxygen atoms in total. The number of ether oxygens (including phenoxy) is 2. The third-order valence-corrected chi connectivity index (χ3v) is 7.11. The first-order chi connectivity index (χ1) is 16.7. The largest absolute Gasteiger partial charge is 0.486 e. The highest BCUT2D eigenvalue weighted by molar-refractivity contribution is 5.86. The van der Waals surface area contributed by atoms with E-state index in [1.54, 1.807) is 17.0 Å². The molecule has 4 heterocycles. The van der Waals surface area contributed by atoms with E-state index in [0.717, 1.165) is 41.9 Å². The number of aromatic amines is 1. The number of fused-ring (bicyclic) bond motifs is 2. The molecule has 1 saturated carbocycles. The Bertz CT molecular complexity index is 1370. The molecule has 0 spiro atoms. The van der Waals surface area contributed by atoms with Gasteiger partial charge in [0.05, 0.1) is 31.3 Å². The lowest BCUT2D eigenvalue weighted by molar-refractivity contribution is 0.142. The molecule has 2 aliphatic rings. The summed E-state index contributed by atoms with van der Waals surface area (Å²) in [6.07, 6.45) is 10.1.